The van der Waals surface area contributed by atoms with Gasteiger partial charge in [0, 0.05) is 39.0 Å². The first kappa shape index (κ1) is 15.3. The van der Waals surface area contributed by atoms with Crippen LogP contribution in [-0.2, 0) is 21.1 Å². The molecule has 1 fully saturated rings. The second-order valence-electron chi connectivity index (χ2n) is 4.97. The maximum absolute atomic E-state index is 11.4. The van der Waals surface area contributed by atoms with Gasteiger partial charge in [0.25, 0.3) is 0 Å². The van der Waals surface area contributed by atoms with Gasteiger partial charge in [-0.1, -0.05) is 12.1 Å². The van der Waals surface area contributed by atoms with E-state index in [9.17, 15) is 8.42 Å². The molecule has 0 saturated carbocycles. The standard InChI is InChI=1S/C14H22N2O3S/c1-19-9-6-15-12-13-2-4-14(5-3-13)16-7-10-20(17,18)11-8-16/h2-5,15H,6-12H2,1H3. The SMILES string of the molecule is COCCNCc1ccc(N2CCS(=O)(=O)CC2)cc1. The van der Waals surface area contributed by atoms with Crippen molar-refractivity contribution in [3.8, 4) is 0 Å². The fourth-order valence-corrected chi connectivity index (χ4v) is 3.40. The van der Waals surface area contributed by atoms with Crippen molar-refractivity contribution in [1.29, 1.82) is 0 Å². The molecule has 0 spiro atoms. The van der Waals surface area contributed by atoms with Gasteiger partial charge in [0.05, 0.1) is 18.1 Å². The number of benzene rings is 1. The summed E-state index contributed by atoms with van der Waals surface area (Å²) >= 11 is 0. The van der Waals surface area contributed by atoms with Crippen LogP contribution in [0.2, 0.25) is 0 Å². The molecule has 0 aromatic heterocycles. The lowest BCUT2D eigenvalue weighted by Crippen LogP contribution is -2.40. The van der Waals surface area contributed by atoms with Crippen molar-refractivity contribution in [2.75, 3.05) is 49.8 Å². The largest absolute Gasteiger partial charge is 0.383 e. The van der Waals surface area contributed by atoms with E-state index in [0.717, 1.165) is 18.8 Å². The van der Waals surface area contributed by atoms with E-state index >= 15 is 0 Å². The van der Waals surface area contributed by atoms with Crippen LogP contribution in [0.3, 0.4) is 0 Å². The Labute approximate surface area is 120 Å². The van der Waals surface area contributed by atoms with E-state index in [-0.39, 0.29) is 11.5 Å². The molecule has 1 saturated heterocycles. The number of ether oxygens (including phenoxy) is 1. The van der Waals surface area contributed by atoms with Crippen LogP contribution < -0.4 is 10.2 Å². The summed E-state index contributed by atoms with van der Waals surface area (Å²) in [4.78, 5) is 2.13. The minimum atomic E-state index is -2.81. The molecule has 0 radical (unpaired) electrons. The second-order valence-corrected chi connectivity index (χ2v) is 7.28. The van der Waals surface area contributed by atoms with E-state index < -0.39 is 9.84 Å². The number of nitrogens with one attached hydrogen (secondary N) is 1. The number of hydrogen-bond donors (Lipinski definition) is 1. The first-order chi connectivity index (χ1) is 9.61. The van der Waals surface area contributed by atoms with E-state index in [1.165, 1.54) is 5.56 Å². The zero-order valence-electron chi connectivity index (χ0n) is 11.8. The van der Waals surface area contributed by atoms with Crippen molar-refractivity contribution < 1.29 is 13.2 Å². The highest BCUT2D eigenvalue weighted by molar-refractivity contribution is 7.91. The Morgan fingerprint density at radius 3 is 2.45 bits per heavy atom. The fourth-order valence-electron chi connectivity index (χ4n) is 2.20. The average molecular weight is 298 g/mol. The summed E-state index contributed by atoms with van der Waals surface area (Å²) in [6, 6.07) is 8.28. The Hall–Kier alpha value is -1.11. The van der Waals surface area contributed by atoms with Crippen LogP contribution in [0.15, 0.2) is 24.3 Å². The highest BCUT2D eigenvalue weighted by Gasteiger charge is 2.21. The number of rotatable bonds is 6. The van der Waals surface area contributed by atoms with Gasteiger partial charge in [0.15, 0.2) is 9.84 Å². The molecular formula is C14H22N2O3S. The van der Waals surface area contributed by atoms with Gasteiger partial charge >= 0.3 is 0 Å². The van der Waals surface area contributed by atoms with Gasteiger partial charge in [-0.3, -0.25) is 0 Å². The summed E-state index contributed by atoms with van der Waals surface area (Å²) in [6.07, 6.45) is 0. The maximum atomic E-state index is 11.4. The first-order valence-electron chi connectivity index (χ1n) is 6.85. The van der Waals surface area contributed by atoms with Gasteiger partial charge in [-0.05, 0) is 17.7 Å². The Bertz CT molecular complexity index is 500. The Balaban J connectivity index is 1.85. The van der Waals surface area contributed by atoms with Crippen molar-refractivity contribution >= 4 is 15.5 Å². The van der Waals surface area contributed by atoms with Gasteiger partial charge in [-0.15, -0.1) is 0 Å². The Kier molecular flexibility index (Phi) is 5.39. The van der Waals surface area contributed by atoms with Crippen molar-refractivity contribution in [3.63, 3.8) is 0 Å². The number of anilines is 1. The molecule has 5 nitrogen and oxygen atoms in total. The van der Waals surface area contributed by atoms with E-state index in [4.69, 9.17) is 4.74 Å². The molecule has 2 rings (SSSR count). The summed E-state index contributed by atoms with van der Waals surface area (Å²) < 4.78 is 27.8. The third-order valence-corrected chi connectivity index (χ3v) is 5.07. The second kappa shape index (κ2) is 7.06. The van der Waals surface area contributed by atoms with Gasteiger partial charge in [-0.25, -0.2) is 8.42 Å². The number of hydrogen-bond acceptors (Lipinski definition) is 5. The van der Waals surface area contributed by atoms with Crippen molar-refractivity contribution in [2.45, 2.75) is 6.54 Å². The average Bonchev–Trinajstić information content (AvgIpc) is 2.45. The Morgan fingerprint density at radius 1 is 1.20 bits per heavy atom. The molecule has 1 aliphatic heterocycles. The highest BCUT2D eigenvalue weighted by Crippen LogP contribution is 2.18. The van der Waals surface area contributed by atoms with Crippen molar-refractivity contribution in [1.82, 2.24) is 5.32 Å². The number of sulfone groups is 1. The third kappa shape index (κ3) is 4.47. The molecule has 0 bridgehead atoms. The van der Waals surface area contributed by atoms with Crippen LogP contribution in [0, 0.1) is 0 Å². The molecule has 1 N–H and O–H groups in total. The minimum absolute atomic E-state index is 0.257. The summed E-state index contributed by atoms with van der Waals surface area (Å²) in [5, 5.41) is 3.29. The van der Waals surface area contributed by atoms with Crippen LogP contribution >= 0.6 is 0 Å². The van der Waals surface area contributed by atoms with Crippen LogP contribution in [0.25, 0.3) is 0 Å². The topological polar surface area (TPSA) is 58.6 Å². The van der Waals surface area contributed by atoms with E-state index in [1.807, 2.05) is 0 Å². The monoisotopic (exact) mass is 298 g/mol. The first-order valence-corrected chi connectivity index (χ1v) is 8.67. The van der Waals surface area contributed by atoms with E-state index in [2.05, 4.69) is 34.5 Å². The normalized spacial score (nSPS) is 18.1. The lowest BCUT2D eigenvalue weighted by atomic mass is 10.2. The maximum Gasteiger partial charge on any atom is 0.153 e. The lowest BCUT2D eigenvalue weighted by molar-refractivity contribution is 0.199. The third-order valence-electron chi connectivity index (χ3n) is 3.46. The molecule has 20 heavy (non-hydrogen) atoms. The number of methoxy groups -OCH3 is 1. The van der Waals surface area contributed by atoms with Gasteiger partial charge < -0.3 is 15.0 Å². The van der Waals surface area contributed by atoms with Crippen LogP contribution in [0.5, 0.6) is 0 Å². The van der Waals surface area contributed by atoms with Crippen molar-refractivity contribution in [3.05, 3.63) is 29.8 Å². The molecule has 112 valence electrons. The molecule has 1 heterocycles. The molecule has 1 aromatic rings. The van der Waals surface area contributed by atoms with Crippen LogP contribution in [-0.4, -0.2) is 53.3 Å². The van der Waals surface area contributed by atoms with Crippen LogP contribution in [0.1, 0.15) is 5.56 Å². The molecule has 0 unspecified atom stereocenters. The molecule has 1 aromatic carbocycles. The summed E-state index contributed by atoms with van der Waals surface area (Å²) in [6.45, 7) is 3.54. The predicted octanol–water partition coefficient (Wildman–Crippen LogP) is 0.657. The summed E-state index contributed by atoms with van der Waals surface area (Å²) in [5.74, 6) is 0.515. The smallest absolute Gasteiger partial charge is 0.153 e. The van der Waals surface area contributed by atoms with Crippen LogP contribution in [0.4, 0.5) is 5.69 Å². The lowest BCUT2D eigenvalue weighted by Gasteiger charge is -2.28. The summed E-state index contributed by atoms with van der Waals surface area (Å²) in [5.41, 5.74) is 2.31. The highest BCUT2D eigenvalue weighted by atomic mass is 32.2. The van der Waals surface area contributed by atoms with E-state index in [1.54, 1.807) is 7.11 Å². The zero-order valence-corrected chi connectivity index (χ0v) is 12.7. The van der Waals surface area contributed by atoms with Crippen molar-refractivity contribution in [2.24, 2.45) is 0 Å². The molecular weight excluding hydrogens is 276 g/mol. The Morgan fingerprint density at radius 2 is 1.85 bits per heavy atom. The minimum Gasteiger partial charge on any atom is -0.383 e. The quantitative estimate of drug-likeness (QED) is 0.782. The zero-order chi connectivity index (χ0) is 14.4. The van der Waals surface area contributed by atoms with Gasteiger partial charge in [0.1, 0.15) is 0 Å². The molecule has 0 amide bonds. The van der Waals surface area contributed by atoms with E-state index in [0.29, 0.717) is 19.7 Å². The number of nitrogens with zero attached hydrogens (tertiary/aromatic N) is 1. The van der Waals surface area contributed by atoms with Gasteiger partial charge in [-0.2, -0.15) is 0 Å². The molecule has 6 heteroatoms. The predicted molar refractivity (Wildman–Crippen MR) is 80.9 cm³/mol. The molecule has 0 aliphatic carbocycles. The fraction of sp³-hybridized carbons (Fsp3) is 0.571. The molecule has 0 atom stereocenters. The molecule has 1 aliphatic rings. The van der Waals surface area contributed by atoms with Gasteiger partial charge in [0.2, 0.25) is 0 Å². The summed E-state index contributed by atoms with van der Waals surface area (Å²) in [7, 11) is -1.12.